The van der Waals surface area contributed by atoms with Gasteiger partial charge in [0.25, 0.3) is 0 Å². The summed E-state index contributed by atoms with van der Waals surface area (Å²) in [6.45, 7) is 5.85. The van der Waals surface area contributed by atoms with Crippen molar-refractivity contribution in [2.45, 2.75) is 194 Å². The van der Waals surface area contributed by atoms with E-state index < -0.39 is 0 Å². The lowest BCUT2D eigenvalue weighted by atomic mass is 10.0. The predicted octanol–water partition coefficient (Wildman–Crippen LogP) is 11.7. The molecule has 0 aliphatic rings. The van der Waals surface area contributed by atoms with E-state index in [-0.39, 0.29) is 18.6 Å². The summed E-state index contributed by atoms with van der Waals surface area (Å²) in [6.07, 6.45) is 34.3. The molecular weight excluding hydrogens is 540 g/mol. The van der Waals surface area contributed by atoms with Crippen molar-refractivity contribution >= 4 is 0 Å². The van der Waals surface area contributed by atoms with Gasteiger partial charge in [-0.1, -0.05) is 168 Å². The number of rotatable bonds is 34. The van der Waals surface area contributed by atoms with Crippen molar-refractivity contribution in [2.24, 2.45) is 0 Å². The standard InChI is InChI=1S/C37H68O6/c1-3-5-7-9-11-13-15-17-19-21-23-25-27-29-39-41-33-36-31-35(38)32-37(43-36)34-42-40-30-28-26-24-22-20-18-16-14-12-10-8-6-4-2/h31-32H,3-30,33-34H2,1-2H3. The Morgan fingerprint density at radius 1 is 0.419 bits per heavy atom. The van der Waals surface area contributed by atoms with E-state index in [2.05, 4.69) is 13.8 Å². The molecule has 0 amide bonds. The summed E-state index contributed by atoms with van der Waals surface area (Å²) < 4.78 is 5.70. The Balaban J connectivity index is 1.91. The number of hydrogen-bond donors (Lipinski definition) is 0. The second kappa shape index (κ2) is 32.2. The quantitative estimate of drug-likeness (QED) is 0.0440. The maximum Gasteiger partial charge on any atom is 0.185 e. The molecule has 1 heterocycles. The molecule has 0 saturated carbocycles. The molecule has 0 aliphatic carbocycles. The van der Waals surface area contributed by atoms with Gasteiger partial charge in [0.15, 0.2) is 5.43 Å². The summed E-state index contributed by atoms with van der Waals surface area (Å²) in [5, 5.41) is 0. The molecule has 43 heavy (non-hydrogen) atoms. The Hall–Kier alpha value is -1.21. The molecule has 0 spiro atoms. The lowest BCUT2D eigenvalue weighted by Crippen LogP contribution is -2.06. The largest absolute Gasteiger partial charge is 0.461 e. The zero-order chi connectivity index (χ0) is 30.9. The highest BCUT2D eigenvalue weighted by molar-refractivity contribution is 5.05. The molecule has 0 atom stereocenters. The summed E-state index contributed by atoms with van der Waals surface area (Å²) in [5.74, 6) is 0.848. The SMILES string of the molecule is CCCCCCCCCCCCCCCOOCc1cc(=O)cc(COOCCCCCCCCCCCCCCC)o1. The molecule has 1 aromatic heterocycles. The van der Waals surface area contributed by atoms with Crippen LogP contribution >= 0.6 is 0 Å². The van der Waals surface area contributed by atoms with E-state index in [1.807, 2.05) is 0 Å². The molecule has 1 rings (SSSR count). The van der Waals surface area contributed by atoms with Gasteiger partial charge in [0.2, 0.25) is 0 Å². The minimum atomic E-state index is -0.142. The fraction of sp³-hybridized carbons (Fsp3) is 0.865. The first-order valence-corrected chi connectivity index (χ1v) is 18.4. The maximum atomic E-state index is 12.0. The summed E-state index contributed by atoms with van der Waals surface area (Å²) >= 11 is 0. The van der Waals surface area contributed by atoms with Gasteiger partial charge in [-0.2, -0.15) is 0 Å². The van der Waals surface area contributed by atoms with Crippen molar-refractivity contribution in [1.29, 1.82) is 0 Å². The average Bonchev–Trinajstić information content (AvgIpc) is 3.00. The Labute approximate surface area is 264 Å². The lowest BCUT2D eigenvalue weighted by molar-refractivity contribution is -0.310. The van der Waals surface area contributed by atoms with Gasteiger partial charge < -0.3 is 4.42 Å². The highest BCUT2D eigenvalue weighted by Gasteiger charge is 2.05. The van der Waals surface area contributed by atoms with Crippen molar-refractivity contribution < 1.29 is 24.0 Å². The molecule has 0 saturated heterocycles. The topological polar surface area (TPSA) is 67.1 Å². The first kappa shape index (κ1) is 39.8. The van der Waals surface area contributed by atoms with Crippen molar-refractivity contribution in [3.05, 3.63) is 33.9 Å². The fourth-order valence-corrected chi connectivity index (χ4v) is 5.40. The fourth-order valence-electron chi connectivity index (χ4n) is 5.40. The van der Waals surface area contributed by atoms with Gasteiger partial charge in [0.05, 0.1) is 13.2 Å². The molecule has 0 aliphatic heterocycles. The third-order valence-corrected chi connectivity index (χ3v) is 8.10. The Morgan fingerprint density at radius 3 is 1.00 bits per heavy atom. The van der Waals surface area contributed by atoms with Crippen LogP contribution in [0.5, 0.6) is 0 Å². The first-order valence-electron chi connectivity index (χ1n) is 18.4. The van der Waals surface area contributed by atoms with Gasteiger partial charge in [0, 0.05) is 12.1 Å². The van der Waals surface area contributed by atoms with Crippen LogP contribution in [0, 0.1) is 0 Å². The molecular formula is C37H68O6. The van der Waals surface area contributed by atoms with E-state index in [0.717, 1.165) is 25.7 Å². The molecule has 0 radical (unpaired) electrons. The Kier molecular flexibility index (Phi) is 29.8. The van der Waals surface area contributed by atoms with Crippen LogP contribution in [-0.4, -0.2) is 13.2 Å². The van der Waals surface area contributed by atoms with E-state index >= 15 is 0 Å². The average molecular weight is 609 g/mol. The second-order valence-electron chi connectivity index (χ2n) is 12.4. The normalized spacial score (nSPS) is 11.5. The van der Waals surface area contributed by atoms with E-state index in [0.29, 0.717) is 24.7 Å². The second-order valence-corrected chi connectivity index (χ2v) is 12.4. The van der Waals surface area contributed by atoms with Crippen LogP contribution in [0.15, 0.2) is 21.3 Å². The van der Waals surface area contributed by atoms with Crippen molar-refractivity contribution in [3.63, 3.8) is 0 Å². The van der Waals surface area contributed by atoms with E-state index in [1.54, 1.807) is 0 Å². The van der Waals surface area contributed by atoms with E-state index in [9.17, 15) is 4.79 Å². The Bertz CT molecular complexity index is 692. The molecule has 6 heteroatoms. The first-order chi connectivity index (χ1) is 21.3. The van der Waals surface area contributed by atoms with Gasteiger partial charge in [-0.25, -0.2) is 19.6 Å². The molecule has 0 unspecified atom stereocenters. The van der Waals surface area contributed by atoms with Crippen molar-refractivity contribution in [3.8, 4) is 0 Å². The minimum Gasteiger partial charge on any atom is -0.461 e. The third-order valence-electron chi connectivity index (χ3n) is 8.10. The van der Waals surface area contributed by atoms with Gasteiger partial charge >= 0.3 is 0 Å². The Morgan fingerprint density at radius 2 is 0.698 bits per heavy atom. The van der Waals surface area contributed by atoms with Crippen LogP contribution in [0.4, 0.5) is 0 Å². The summed E-state index contributed by atoms with van der Waals surface area (Å²) in [6, 6.07) is 2.85. The number of hydrogen-bond acceptors (Lipinski definition) is 6. The predicted molar refractivity (Wildman–Crippen MR) is 178 cm³/mol. The van der Waals surface area contributed by atoms with E-state index in [1.165, 1.54) is 153 Å². The monoisotopic (exact) mass is 609 g/mol. The van der Waals surface area contributed by atoms with Crippen LogP contribution < -0.4 is 5.43 Å². The zero-order valence-corrected chi connectivity index (χ0v) is 28.3. The molecule has 252 valence electrons. The van der Waals surface area contributed by atoms with Crippen LogP contribution in [0.1, 0.15) is 192 Å². The molecule has 0 N–H and O–H groups in total. The third kappa shape index (κ3) is 28.0. The van der Waals surface area contributed by atoms with Gasteiger partial charge in [-0.05, 0) is 12.8 Å². The summed E-state index contributed by atoms with van der Waals surface area (Å²) in [5.41, 5.74) is -0.142. The van der Waals surface area contributed by atoms with Crippen LogP contribution in [0.3, 0.4) is 0 Å². The number of unbranched alkanes of at least 4 members (excludes halogenated alkanes) is 24. The maximum absolute atomic E-state index is 12.0. The minimum absolute atomic E-state index is 0.0986. The zero-order valence-electron chi connectivity index (χ0n) is 28.3. The van der Waals surface area contributed by atoms with Gasteiger partial charge in [-0.3, -0.25) is 4.79 Å². The van der Waals surface area contributed by atoms with Gasteiger partial charge in [-0.15, -0.1) is 0 Å². The van der Waals surface area contributed by atoms with Crippen LogP contribution in [0.25, 0.3) is 0 Å². The van der Waals surface area contributed by atoms with Crippen molar-refractivity contribution in [1.82, 2.24) is 0 Å². The molecule has 0 aromatic carbocycles. The van der Waals surface area contributed by atoms with E-state index in [4.69, 9.17) is 24.0 Å². The molecule has 0 fully saturated rings. The summed E-state index contributed by atoms with van der Waals surface area (Å²) in [7, 11) is 0. The van der Waals surface area contributed by atoms with Crippen LogP contribution in [-0.2, 0) is 32.8 Å². The lowest BCUT2D eigenvalue weighted by Gasteiger charge is -2.07. The van der Waals surface area contributed by atoms with Crippen molar-refractivity contribution in [2.75, 3.05) is 13.2 Å². The highest BCUT2D eigenvalue weighted by Crippen LogP contribution is 2.14. The molecule has 0 bridgehead atoms. The summed E-state index contributed by atoms with van der Waals surface area (Å²) in [4.78, 5) is 33.1. The van der Waals surface area contributed by atoms with Crippen LogP contribution in [0.2, 0.25) is 0 Å². The highest BCUT2D eigenvalue weighted by atomic mass is 17.2. The molecule has 1 aromatic rings. The van der Waals surface area contributed by atoms with Gasteiger partial charge in [0.1, 0.15) is 24.7 Å². The molecule has 6 nitrogen and oxygen atoms in total. The smallest absolute Gasteiger partial charge is 0.185 e.